The zero-order valence-electron chi connectivity index (χ0n) is 17.0. The molecule has 5 rings (SSSR count). The summed E-state index contributed by atoms with van der Waals surface area (Å²) >= 11 is 0. The maximum absolute atomic E-state index is 12.9. The predicted octanol–water partition coefficient (Wildman–Crippen LogP) is 4.60. The second-order valence-electron chi connectivity index (χ2n) is 7.99. The highest BCUT2D eigenvalue weighted by atomic mass is 16.1. The van der Waals surface area contributed by atoms with Gasteiger partial charge in [-0.2, -0.15) is 0 Å². The third-order valence-corrected chi connectivity index (χ3v) is 6.03. The molecule has 0 spiro atoms. The Kier molecular flexibility index (Phi) is 4.79. The molecule has 1 N–H and O–H groups in total. The van der Waals surface area contributed by atoms with Crippen molar-refractivity contribution in [3.8, 4) is 0 Å². The summed E-state index contributed by atoms with van der Waals surface area (Å²) in [6.07, 6.45) is 3.14. The van der Waals surface area contributed by atoms with Gasteiger partial charge in [-0.25, -0.2) is 4.68 Å². The SMILES string of the molecule is Cc1ccccc1Cn1nnc2cc(C(=O)N[C@H]3CCCc4ccccc43)ccc21. The molecule has 150 valence electrons. The fourth-order valence-electron chi connectivity index (χ4n) is 4.32. The van der Waals surface area contributed by atoms with Gasteiger partial charge in [0.1, 0.15) is 5.52 Å². The summed E-state index contributed by atoms with van der Waals surface area (Å²) in [6.45, 7) is 2.76. The summed E-state index contributed by atoms with van der Waals surface area (Å²) in [6, 6.07) is 22.4. The van der Waals surface area contributed by atoms with E-state index in [1.807, 2.05) is 41.1 Å². The topological polar surface area (TPSA) is 59.8 Å². The largest absolute Gasteiger partial charge is 0.345 e. The van der Waals surface area contributed by atoms with Crippen LogP contribution in [0.1, 0.15) is 51.5 Å². The summed E-state index contributed by atoms with van der Waals surface area (Å²) in [5, 5.41) is 11.8. The molecule has 1 amide bonds. The Bertz CT molecular complexity index is 1230. The van der Waals surface area contributed by atoms with Crippen molar-refractivity contribution in [3.63, 3.8) is 0 Å². The average molecular weight is 396 g/mol. The van der Waals surface area contributed by atoms with Crippen LogP contribution in [0.4, 0.5) is 0 Å². The minimum Gasteiger partial charge on any atom is -0.345 e. The fourth-order valence-corrected chi connectivity index (χ4v) is 4.32. The first-order valence-electron chi connectivity index (χ1n) is 10.5. The van der Waals surface area contributed by atoms with Gasteiger partial charge in [-0.1, -0.05) is 53.7 Å². The number of hydrogen-bond acceptors (Lipinski definition) is 3. The molecule has 0 bridgehead atoms. The molecule has 0 unspecified atom stereocenters. The maximum atomic E-state index is 12.9. The van der Waals surface area contributed by atoms with E-state index in [4.69, 9.17) is 0 Å². The monoisotopic (exact) mass is 396 g/mol. The van der Waals surface area contributed by atoms with E-state index < -0.39 is 0 Å². The molecule has 0 fully saturated rings. The second kappa shape index (κ2) is 7.75. The van der Waals surface area contributed by atoms with E-state index in [2.05, 4.69) is 52.9 Å². The van der Waals surface area contributed by atoms with Crippen LogP contribution in [-0.4, -0.2) is 20.9 Å². The lowest BCUT2D eigenvalue weighted by Crippen LogP contribution is -2.30. The van der Waals surface area contributed by atoms with Gasteiger partial charge >= 0.3 is 0 Å². The van der Waals surface area contributed by atoms with Gasteiger partial charge in [-0.3, -0.25) is 4.79 Å². The zero-order valence-corrected chi connectivity index (χ0v) is 17.0. The molecule has 0 saturated carbocycles. The Morgan fingerprint density at radius 3 is 2.83 bits per heavy atom. The first kappa shape index (κ1) is 18.6. The van der Waals surface area contributed by atoms with Crippen molar-refractivity contribution >= 4 is 16.9 Å². The van der Waals surface area contributed by atoms with Crippen LogP contribution in [0.25, 0.3) is 11.0 Å². The van der Waals surface area contributed by atoms with E-state index in [0.717, 1.165) is 30.3 Å². The van der Waals surface area contributed by atoms with Crippen molar-refractivity contribution in [3.05, 3.63) is 94.5 Å². The lowest BCUT2D eigenvalue weighted by Gasteiger charge is -2.26. The highest BCUT2D eigenvalue weighted by Crippen LogP contribution is 2.29. The molecule has 5 heteroatoms. The van der Waals surface area contributed by atoms with Gasteiger partial charge < -0.3 is 5.32 Å². The van der Waals surface area contributed by atoms with Gasteiger partial charge in [-0.05, 0) is 66.6 Å². The minimum absolute atomic E-state index is 0.0629. The molecular formula is C25H24N4O. The minimum atomic E-state index is -0.0629. The molecule has 1 aromatic heterocycles. The normalized spacial score (nSPS) is 15.7. The number of fused-ring (bicyclic) bond motifs is 2. The molecule has 1 aliphatic rings. The van der Waals surface area contributed by atoms with Crippen LogP contribution >= 0.6 is 0 Å². The number of amides is 1. The number of benzene rings is 3. The lowest BCUT2D eigenvalue weighted by molar-refractivity contribution is 0.0933. The number of carbonyl (C=O) groups excluding carboxylic acids is 1. The van der Waals surface area contributed by atoms with Gasteiger partial charge in [0.25, 0.3) is 5.91 Å². The molecule has 30 heavy (non-hydrogen) atoms. The summed E-state index contributed by atoms with van der Waals surface area (Å²) < 4.78 is 1.89. The van der Waals surface area contributed by atoms with Crippen molar-refractivity contribution in [2.24, 2.45) is 0 Å². The van der Waals surface area contributed by atoms with Crippen LogP contribution in [0, 0.1) is 6.92 Å². The van der Waals surface area contributed by atoms with Gasteiger partial charge in [0.05, 0.1) is 18.1 Å². The predicted molar refractivity (Wildman–Crippen MR) is 117 cm³/mol. The zero-order chi connectivity index (χ0) is 20.5. The summed E-state index contributed by atoms with van der Waals surface area (Å²) in [5.41, 5.74) is 7.30. The number of nitrogens with zero attached hydrogens (tertiary/aromatic N) is 3. The molecule has 1 heterocycles. The Morgan fingerprint density at radius 2 is 1.93 bits per heavy atom. The van der Waals surface area contributed by atoms with E-state index in [1.54, 1.807) is 0 Å². The van der Waals surface area contributed by atoms with Crippen LogP contribution in [0.5, 0.6) is 0 Å². The third kappa shape index (κ3) is 3.47. The summed E-state index contributed by atoms with van der Waals surface area (Å²) in [5.74, 6) is -0.0629. The number of rotatable bonds is 4. The summed E-state index contributed by atoms with van der Waals surface area (Å²) in [7, 11) is 0. The molecule has 5 nitrogen and oxygen atoms in total. The Morgan fingerprint density at radius 1 is 1.10 bits per heavy atom. The highest BCUT2D eigenvalue weighted by molar-refractivity contribution is 5.97. The fraction of sp³-hybridized carbons (Fsp3) is 0.240. The van der Waals surface area contributed by atoms with E-state index in [1.165, 1.54) is 22.3 Å². The smallest absolute Gasteiger partial charge is 0.251 e. The number of aromatic nitrogens is 3. The quantitative estimate of drug-likeness (QED) is 0.549. The standard InChI is InChI=1S/C25H24N4O/c1-17-7-2-3-9-20(17)16-29-24-14-13-19(15-23(24)27-28-29)25(30)26-22-12-6-10-18-8-4-5-11-21(18)22/h2-5,7-9,11,13-15,22H,6,10,12,16H2,1H3,(H,26,30)/t22-/m0/s1. The van der Waals surface area contributed by atoms with Crippen LogP contribution in [-0.2, 0) is 13.0 Å². The number of carbonyl (C=O) groups is 1. The lowest BCUT2D eigenvalue weighted by atomic mass is 9.87. The van der Waals surface area contributed by atoms with E-state index in [9.17, 15) is 4.79 Å². The first-order chi connectivity index (χ1) is 14.7. The van der Waals surface area contributed by atoms with Crippen molar-refractivity contribution < 1.29 is 4.79 Å². The van der Waals surface area contributed by atoms with Gasteiger partial charge in [0.15, 0.2) is 0 Å². The second-order valence-corrected chi connectivity index (χ2v) is 7.99. The highest BCUT2D eigenvalue weighted by Gasteiger charge is 2.22. The average Bonchev–Trinajstić information content (AvgIpc) is 3.17. The van der Waals surface area contributed by atoms with Crippen LogP contribution < -0.4 is 5.32 Å². The van der Waals surface area contributed by atoms with E-state index in [0.29, 0.717) is 12.1 Å². The molecule has 0 saturated heterocycles. The van der Waals surface area contributed by atoms with Gasteiger partial charge in [0.2, 0.25) is 0 Å². The molecule has 0 radical (unpaired) electrons. The van der Waals surface area contributed by atoms with Gasteiger partial charge in [0, 0.05) is 5.56 Å². The molecule has 4 aromatic rings. The van der Waals surface area contributed by atoms with E-state index >= 15 is 0 Å². The van der Waals surface area contributed by atoms with Crippen molar-refractivity contribution in [1.82, 2.24) is 20.3 Å². The molecule has 0 aliphatic heterocycles. The maximum Gasteiger partial charge on any atom is 0.251 e. The Labute approximate surface area is 175 Å². The molecule has 1 aliphatic carbocycles. The van der Waals surface area contributed by atoms with E-state index in [-0.39, 0.29) is 11.9 Å². The Hall–Kier alpha value is -3.47. The number of aryl methyl sites for hydroxylation is 2. The Balaban J connectivity index is 1.37. The van der Waals surface area contributed by atoms with Crippen LogP contribution in [0.15, 0.2) is 66.7 Å². The third-order valence-electron chi connectivity index (χ3n) is 6.03. The van der Waals surface area contributed by atoms with Crippen molar-refractivity contribution in [2.75, 3.05) is 0 Å². The number of hydrogen-bond donors (Lipinski definition) is 1. The molecular weight excluding hydrogens is 372 g/mol. The van der Waals surface area contributed by atoms with Crippen molar-refractivity contribution in [2.45, 2.75) is 38.8 Å². The van der Waals surface area contributed by atoms with Crippen LogP contribution in [0.2, 0.25) is 0 Å². The van der Waals surface area contributed by atoms with Crippen LogP contribution in [0.3, 0.4) is 0 Å². The first-order valence-corrected chi connectivity index (χ1v) is 10.5. The molecule has 3 aromatic carbocycles. The molecule has 1 atom stereocenters. The number of nitrogens with one attached hydrogen (secondary N) is 1. The summed E-state index contributed by atoms with van der Waals surface area (Å²) in [4.78, 5) is 12.9. The van der Waals surface area contributed by atoms with Gasteiger partial charge in [-0.15, -0.1) is 5.10 Å². The van der Waals surface area contributed by atoms with Crippen molar-refractivity contribution in [1.29, 1.82) is 0 Å².